The van der Waals surface area contributed by atoms with E-state index in [0.29, 0.717) is 30.6 Å². The fraction of sp³-hybridized carbons (Fsp3) is 0.400. The number of likely N-dealkylation sites (N-methyl/N-ethyl adjacent to an activating group) is 1. The lowest BCUT2D eigenvalue weighted by Gasteiger charge is -2.37. The Morgan fingerprint density at radius 2 is 1.81 bits per heavy atom. The molecule has 3 rings (SSSR count). The Balaban J connectivity index is 1.96. The molecule has 1 atom stereocenters. The average molecular weight is 422 g/mol. The minimum absolute atomic E-state index is 0.0258. The molecular weight excluding hydrogens is 390 g/mol. The fourth-order valence-electron chi connectivity index (χ4n) is 4.05. The Morgan fingerprint density at radius 3 is 2.45 bits per heavy atom. The van der Waals surface area contributed by atoms with Gasteiger partial charge in [0, 0.05) is 44.7 Å². The summed E-state index contributed by atoms with van der Waals surface area (Å²) in [4.78, 5) is 41.7. The van der Waals surface area contributed by atoms with Gasteiger partial charge in [0.15, 0.2) is 0 Å². The molecular formula is C25H31N3O3. The van der Waals surface area contributed by atoms with Crippen LogP contribution in [0.4, 0.5) is 5.69 Å². The second kappa shape index (κ2) is 9.33. The van der Waals surface area contributed by atoms with Gasteiger partial charge in [-0.25, -0.2) is 0 Å². The van der Waals surface area contributed by atoms with Crippen LogP contribution in [0.25, 0.3) is 0 Å². The summed E-state index contributed by atoms with van der Waals surface area (Å²) in [5, 5.41) is 2.92. The zero-order valence-corrected chi connectivity index (χ0v) is 19.0. The van der Waals surface area contributed by atoms with E-state index >= 15 is 0 Å². The van der Waals surface area contributed by atoms with Crippen molar-refractivity contribution in [3.8, 4) is 0 Å². The van der Waals surface area contributed by atoms with Crippen molar-refractivity contribution in [3.63, 3.8) is 0 Å². The lowest BCUT2D eigenvalue weighted by Crippen LogP contribution is -2.52. The van der Waals surface area contributed by atoms with Gasteiger partial charge in [-0.05, 0) is 55.2 Å². The quantitative estimate of drug-likeness (QED) is 0.800. The smallest absolute Gasteiger partial charge is 0.255 e. The van der Waals surface area contributed by atoms with E-state index in [1.807, 2.05) is 57.2 Å². The number of hydrogen-bond acceptors (Lipinski definition) is 3. The topological polar surface area (TPSA) is 69.7 Å². The summed E-state index contributed by atoms with van der Waals surface area (Å²) >= 11 is 0. The molecule has 164 valence electrons. The molecule has 1 aliphatic heterocycles. The number of aryl methyl sites for hydroxylation is 2. The molecule has 0 aromatic heterocycles. The lowest BCUT2D eigenvalue weighted by atomic mass is 9.91. The molecule has 0 fully saturated rings. The molecule has 1 heterocycles. The highest BCUT2D eigenvalue weighted by atomic mass is 16.2. The van der Waals surface area contributed by atoms with Crippen molar-refractivity contribution < 1.29 is 14.4 Å². The highest BCUT2D eigenvalue weighted by Crippen LogP contribution is 2.29. The number of nitrogens with one attached hydrogen (secondary N) is 1. The average Bonchev–Trinajstić information content (AvgIpc) is 2.71. The van der Waals surface area contributed by atoms with Crippen molar-refractivity contribution in [1.82, 2.24) is 9.80 Å². The first-order valence-corrected chi connectivity index (χ1v) is 10.7. The first-order chi connectivity index (χ1) is 14.7. The first kappa shape index (κ1) is 22.5. The number of carbonyl (C=O) groups is 3. The highest BCUT2D eigenvalue weighted by Gasteiger charge is 2.36. The molecule has 2 aromatic carbocycles. The predicted octanol–water partition coefficient (Wildman–Crippen LogP) is 3.70. The van der Waals surface area contributed by atoms with Gasteiger partial charge in [-0.15, -0.1) is 0 Å². The molecule has 0 radical (unpaired) electrons. The van der Waals surface area contributed by atoms with E-state index in [1.54, 1.807) is 19.0 Å². The Labute approximate surface area is 184 Å². The van der Waals surface area contributed by atoms with E-state index in [1.165, 1.54) is 4.90 Å². The summed E-state index contributed by atoms with van der Waals surface area (Å²) < 4.78 is 0. The normalized spacial score (nSPS) is 15.3. The van der Waals surface area contributed by atoms with Gasteiger partial charge in [0.1, 0.15) is 6.04 Å². The molecule has 0 saturated carbocycles. The molecule has 1 N–H and O–H groups in total. The van der Waals surface area contributed by atoms with Gasteiger partial charge in [0.25, 0.3) is 5.91 Å². The van der Waals surface area contributed by atoms with Crippen molar-refractivity contribution in [2.24, 2.45) is 0 Å². The van der Waals surface area contributed by atoms with Gasteiger partial charge in [-0.2, -0.15) is 0 Å². The number of hydrogen-bond donors (Lipinski definition) is 1. The molecule has 0 spiro atoms. The standard InChI is InChI=1S/C25H31N3O3/c1-6-7-23(29)26-20-10-9-18-14-22(25(31)27(4)5)28(15-19(18)13-20)24(30)21-11-8-16(2)12-17(21)3/h8-13,22H,6-7,14-15H2,1-5H3,(H,26,29)/t22-/m0/s1. The number of carbonyl (C=O) groups excluding carboxylic acids is 3. The zero-order valence-electron chi connectivity index (χ0n) is 19.0. The van der Waals surface area contributed by atoms with E-state index in [2.05, 4.69) is 5.32 Å². The van der Waals surface area contributed by atoms with Crippen LogP contribution < -0.4 is 5.32 Å². The fourth-order valence-corrected chi connectivity index (χ4v) is 4.05. The summed E-state index contributed by atoms with van der Waals surface area (Å²) in [6, 6.07) is 10.9. The molecule has 0 saturated heterocycles. The summed E-state index contributed by atoms with van der Waals surface area (Å²) in [6.07, 6.45) is 1.70. The maximum atomic E-state index is 13.5. The van der Waals surface area contributed by atoms with Crippen molar-refractivity contribution in [1.29, 1.82) is 0 Å². The maximum absolute atomic E-state index is 13.5. The maximum Gasteiger partial charge on any atom is 0.255 e. The summed E-state index contributed by atoms with van der Waals surface area (Å²) in [5.74, 6) is -0.269. The van der Waals surface area contributed by atoms with Gasteiger partial charge < -0.3 is 15.1 Å². The SMILES string of the molecule is CCCC(=O)Nc1ccc2c(c1)CN(C(=O)c1ccc(C)cc1C)[C@H](C(=O)N(C)C)C2. The van der Waals surface area contributed by atoms with E-state index < -0.39 is 6.04 Å². The van der Waals surface area contributed by atoms with E-state index in [9.17, 15) is 14.4 Å². The number of fused-ring (bicyclic) bond motifs is 1. The van der Waals surface area contributed by atoms with Gasteiger partial charge in [-0.3, -0.25) is 14.4 Å². The number of benzene rings is 2. The lowest BCUT2D eigenvalue weighted by molar-refractivity contribution is -0.134. The van der Waals surface area contributed by atoms with Crippen LogP contribution in [0, 0.1) is 13.8 Å². The molecule has 1 aliphatic rings. The van der Waals surface area contributed by atoms with Crippen molar-refractivity contribution in [2.75, 3.05) is 19.4 Å². The number of amides is 3. The van der Waals surface area contributed by atoms with Gasteiger partial charge in [0.2, 0.25) is 11.8 Å². The van der Waals surface area contributed by atoms with Crippen LogP contribution in [0.15, 0.2) is 36.4 Å². The Hall–Kier alpha value is -3.15. The predicted molar refractivity (Wildman–Crippen MR) is 122 cm³/mol. The second-order valence-corrected chi connectivity index (χ2v) is 8.49. The summed E-state index contributed by atoms with van der Waals surface area (Å²) in [7, 11) is 3.42. The number of rotatable bonds is 5. The van der Waals surface area contributed by atoms with Crippen LogP contribution >= 0.6 is 0 Å². The Morgan fingerprint density at radius 1 is 1.06 bits per heavy atom. The third-order valence-electron chi connectivity index (χ3n) is 5.70. The first-order valence-electron chi connectivity index (χ1n) is 10.7. The zero-order chi connectivity index (χ0) is 22.7. The minimum Gasteiger partial charge on any atom is -0.347 e. The van der Waals surface area contributed by atoms with Crippen molar-refractivity contribution in [2.45, 2.75) is 52.6 Å². The van der Waals surface area contributed by atoms with Gasteiger partial charge in [-0.1, -0.05) is 30.7 Å². The molecule has 0 aliphatic carbocycles. The molecule has 0 bridgehead atoms. The van der Waals surface area contributed by atoms with E-state index in [-0.39, 0.29) is 17.7 Å². The molecule has 0 unspecified atom stereocenters. The third kappa shape index (κ3) is 4.95. The van der Waals surface area contributed by atoms with Gasteiger partial charge in [0.05, 0.1) is 0 Å². The molecule has 6 heteroatoms. The largest absolute Gasteiger partial charge is 0.347 e. The van der Waals surface area contributed by atoms with Crippen LogP contribution in [0.2, 0.25) is 0 Å². The van der Waals surface area contributed by atoms with Crippen LogP contribution in [0.3, 0.4) is 0 Å². The summed E-state index contributed by atoms with van der Waals surface area (Å²) in [6.45, 7) is 6.20. The second-order valence-electron chi connectivity index (χ2n) is 8.49. The monoisotopic (exact) mass is 421 g/mol. The van der Waals surface area contributed by atoms with Crippen LogP contribution in [-0.2, 0) is 22.6 Å². The molecule has 3 amide bonds. The summed E-state index contributed by atoms with van der Waals surface area (Å²) in [5.41, 5.74) is 5.29. The molecule has 2 aromatic rings. The van der Waals surface area contributed by atoms with E-state index in [4.69, 9.17) is 0 Å². The third-order valence-corrected chi connectivity index (χ3v) is 5.70. The molecule has 6 nitrogen and oxygen atoms in total. The van der Waals surface area contributed by atoms with Crippen LogP contribution in [0.1, 0.15) is 52.4 Å². The Kier molecular flexibility index (Phi) is 6.78. The van der Waals surface area contributed by atoms with E-state index in [0.717, 1.165) is 28.7 Å². The highest BCUT2D eigenvalue weighted by molar-refractivity contribution is 5.99. The Bertz CT molecular complexity index is 1010. The van der Waals surface area contributed by atoms with Crippen LogP contribution in [0.5, 0.6) is 0 Å². The van der Waals surface area contributed by atoms with Gasteiger partial charge >= 0.3 is 0 Å². The molecule has 31 heavy (non-hydrogen) atoms. The van der Waals surface area contributed by atoms with Crippen LogP contribution in [-0.4, -0.2) is 47.7 Å². The van der Waals surface area contributed by atoms with Crippen molar-refractivity contribution >= 4 is 23.4 Å². The minimum atomic E-state index is -0.559. The van der Waals surface area contributed by atoms with Crippen molar-refractivity contribution in [3.05, 3.63) is 64.2 Å². The number of anilines is 1. The number of nitrogens with zero attached hydrogens (tertiary/aromatic N) is 2.